The van der Waals surface area contributed by atoms with Gasteiger partial charge in [0.05, 0.1) is 9.82 Å². The molecule has 0 aromatic heterocycles. The third-order valence-corrected chi connectivity index (χ3v) is 7.22. The number of aliphatic carboxylic acids is 1. The molecule has 2 unspecified atom stereocenters. The number of carbonyl (C=O) groups is 2. The number of nitro groups is 1. The minimum absolute atomic E-state index is 0.0439. The highest BCUT2D eigenvalue weighted by Crippen LogP contribution is 2.27. The molecule has 12 heteroatoms. The fraction of sp³-hybridized carbons (Fsp3) is 0.333. The standard InChI is InChI=1S/C21H24N4O7S/c26-20(23-18(21(27)28)14-22-13-15-5-2-1-3-6-15)19-7-4-12-24(19)33(31,32)17-10-8-16(9-11-17)25(29)30/h1-3,5-6,8-11,18-19,22H,4,7,12-14H2,(H,23,26)(H,27,28). The van der Waals surface area contributed by atoms with Crippen LogP contribution in [-0.4, -0.2) is 59.8 Å². The van der Waals surface area contributed by atoms with Crippen LogP contribution in [0.3, 0.4) is 0 Å². The lowest BCUT2D eigenvalue weighted by Gasteiger charge is -2.25. The first kappa shape index (κ1) is 24.3. The number of hydrogen-bond acceptors (Lipinski definition) is 7. The minimum atomic E-state index is -4.10. The van der Waals surface area contributed by atoms with E-state index in [1.807, 2.05) is 30.3 Å². The summed E-state index contributed by atoms with van der Waals surface area (Å²) in [4.78, 5) is 34.5. The van der Waals surface area contributed by atoms with Crippen LogP contribution in [0.15, 0.2) is 59.5 Å². The maximum Gasteiger partial charge on any atom is 0.327 e. The van der Waals surface area contributed by atoms with Gasteiger partial charge in [-0.3, -0.25) is 14.9 Å². The molecular formula is C21H24N4O7S. The summed E-state index contributed by atoms with van der Waals surface area (Å²) in [5.41, 5.74) is 0.695. The van der Waals surface area contributed by atoms with Crippen molar-refractivity contribution in [1.29, 1.82) is 0 Å². The summed E-state index contributed by atoms with van der Waals surface area (Å²) in [6, 6.07) is 11.4. The van der Waals surface area contributed by atoms with E-state index in [1.165, 1.54) is 0 Å². The average Bonchev–Trinajstić information content (AvgIpc) is 3.30. The number of nitro benzene ring substituents is 1. The molecular weight excluding hydrogens is 452 g/mol. The van der Waals surface area contributed by atoms with E-state index in [4.69, 9.17) is 0 Å². The van der Waals surface area contributed by atoms with Crippen LogP contribution in [-0.2, 0) is 26.2 Å². The van der Waals surface area contributed by atoms with Crippen LogP contribution in [0.25, 0.3) is 0 Å². The quantitative estimate of drug-likeness (QED) is 0.340. The Morgan fingerprint density at radius 3 is 2.42 bits per heavy atom. The number of nitrogens with zero attached hydrogens (tertiary/aromatic N) is 2. The van der Waals surface area contributed by atoms with Crippen molar-refractivity contribution in [2.45, 2.75) is 36.4 Å². The SMILES string of the molecule is O=C(O)C(CNCc1ccccc1)NC(=O)C1CCCN1S(=O)(=O)c1ccc([N+](=O)[O-])cc1. The van der Waals surface area contributed by atoms with Gasteiger partial charge < -0.3 is 15.7 Å². The van der Waals surface area contributed by atoms with Crippen LogP contribution in [0.5, 0.6) is 0 Å². The number of amides is 1. The fourth-order valence-corrected chi connectivity index (χ4v) is 5.25. The van der Waals surface area contributed by atoms with Gasteiger partial charge in [0.2, 0.25) is 15.9 Å². The van der Waals surface area contributed by atoms with Gasteiger partial charge in [-0.05, 0) is 30.5 Å². The van der Waals surface area contributed by atoms with Crippen LogP contribution in [0.1, 0.15) is 18.4 Å². The molecule has 3 N–H and O–H groups in total. The van der Waals surface area contributed by atoms with E-state index in [2.05, 4.69) is 10.6 Å². The highest BCUT2D eigenvalue weighted by molar-refractivity contribution is 7.89. The van der Waals surface area contributed by atoms with Crippen molar-refractivity contribution in [2.24, 2.45) is 0 Å². The molecule has 0 saturated carbocycles. The molecule has 0 radical (unpaired) electrons. The van der Waals surface area contributed by atoms with Crippen molar-refractivity contribution in [3.63, 3.8) is 0 Å². The lowest BCUT2D eigenvalue weighted by molar-refractivity contribution is -0.384. The van der Waals surface area contributed by atoms with Gasteiger partial charge in [-0.25, -0.2) is 13.2 Å². The number of carboxylic acids is 1. The Hall–Kier alpha value is -3.35. The Kier molecular flexibility index (Phi) is 7.74. The molecule has 1 heterocycles. The van der Waals surface area contributed by atoms with Gasteiger partial charge in [0.15, 0.2) is 0 Å². The zero-order chi connectivity index (χ0) is 24.0. The van der Waals surface area contributed by atoms with E-state index in [9.17, 15) is 33.2 Å². The zero-order valence-corrected chi connectivity index (χ0v) is 18.4. The summed E-state index contributed by atoms with van der Waals surface area (Å²) in [6.45, 7) is 0.448. The summed E-state index contributed by atoms with van der Waals surface area (Å²) < 4.78 is 27.1. The van der Waals surface area contributed by atoms with E-state index in [0.717, 1.165) is 34.1 Å². The van der Waals surface area contributed by atoms with Gasteiger partial charge in [-0.1, -0.05) is 30.3 Å². The first-order chi connectivity index (χ1) is 15.7. The van der Waals surface area contributed by atoms with Crippen molar-refractivity contribution in [1.82, 2.24) is 14.9 Å². The van der Waals surface area contributed by atoms with Crippen LogP contribution >= 0.6 is 0 Å². The Morgan fingerprint density at radius 2 is 1.82 bits per heavy atom. The zero-order valence-electron chi connectivity index (χ0n) is 17.6. The van der Waals surface area contributed by atoms with Crippen LogP contribution < -0.4 is 10.6 Å². The summed E-state index contributed by atoms with van der Waals surface area (Å²) in [6.07, 6.45) is 0.663. The normalized spacial score (nSPS) is 17.4. The lowest BCUT2D eigenvalue weighted by atomic mass is 10.2. The molecule has 176 valence electrons. The van der Waals surface area contributed by atoms with Crippen LogP contribution in [0.4, 0.5) is 5.69 Å². The molecule has 1 amide bonds. The van der Waals surface area contributed by atoms with Crippen molar-refractivity contribution in [3.05, 3.63) is 70.3 Å². The van der Waals surface area contributed by atoms with Gasteiger partial charge in [0.25, 0.3) is 5.69 Å². The first-order valence-corrected chi connectivity index (χ1v) is 11.7. The number of rotatable bonds is 10. The Balaban J connectivity index is 1.66. The molecule has 0 aliphatic carbocycles. The second kappa shape index (κ2) is 10.5. The fourth-order valence-electron chi connectivity index (χ4n) is 3.59. The molecule has 0 spiro atoms. The lowest BCUT2D eigenvalue weighted by Crippen LogP contribution is -2.53. The predicted octanol–water partition coefficient (Wildman–Crippen LogP) is 1.11. The van der Waals surface area contributed by atoms with Gasteiger partial charge >= 0.3 is 5.97 Å². The van der Waals surface area contributed by atoms with E-state index in [-0.39, 0.29) is 30.1 Å². The summed E-state index contributed by atoms with van der Waals surface area (Å²) in [7, 11) is -4.10. The Morgan fingerprint density at radius 1 is 1.15 bits per heavy atom. The molecule has 2 aromatic rings. The molecule has 11 nitrogen and oxygen atoms in total. The molecule has 2 aromatic carbocycles. The maximum absolute atomic E-state index is 13.0. The second-order valence-corrected chi connectivity index (χ2v) is 9.43. The summed E-state index contributed by atoms with van der Waals surface area (Å²) in [5, 5.41) is 25.7. The summed E-state index contributed by atoms with van der Waals surface area (Å²) >= 11 is 0. The predicted molar refractivity (Wildman–Crippen MR) is 118 cm³/mol. The van der Waals surface area contributed by atoms with Gasteiger partial charge in [-0.2, -0.15) is 4.31 Å². The number of benzene rings is 2. The highest BCUT2D eigenvalue weighted by atomic mass is 32.2. The van der Waals surface area contributed by atoms with E-state index in [1.54, 1.807) is 0 Å². The van der Waals surface area contributed by atoms with Crippen molar-refractivity contribution < 1.29 is 28.0 Å². The van der Waals surface area contributed by atoms with E-state index < -0.39 is 38.9 Å². The van der Waals surface area contributed by atoms with Crippen LogP contribution in [0, 0.1) is 10.1 Å². The van der Waals surface area contributed by atoms with Crippen molar-refractivity contribution in [2.75, 3.05) is 13.1 Å². The molecule has 3 rings (SSSR count). The number of nitrogens with one attached hydrogen (secondary N) is 2. The van der Waals surface area contributed by atoms with E-state index in [0.29, 0.717) is 13.0 Å². The van der Waals surface area contributed by atoms with Crippen LogP contribution in [0.2, 0.25) is 0 Å². The van der Waals surface area contributed by atoms with Gasteiger partial charge in [-0.15, -0.1) is 0 Å². The highest BCUT2D eigenvalue weighted by Gasteiger charge is 2.40. The maximum atomic E-state index is 13.0. The van der Waals surface area contributed by atoms with Gasteiger partial charge in [0, 0.05) is 31.8 Å². The average molecular weight is 477 g/mol. The van der Waals surface area contributed by atoms with Crippen molar-refractivity contribution >= 4 is 27.6 Å². The molecule has 1 aliphatic rings. The number of carboxylic acid groups (broad SMARTS) is 1. The monoisotopic (exact) mass is 476 g/mol. The molecule has 33 heavy (non-hydrogen) atoms. The third kappa shape index (κ3) is 5.92. The van der Waals surface area contributed by atoms with Gasteiger partial charge in [0.1, 0.15) is 12.1 Å². The van der Waals surface area contributed by atoms with E-state index >= 15 is 0 Å². The number of non-ortho nitro benzene ring substituents is 1. The molecule has 2 atom stereocenters. The number of hydrogen-bond donors (Lipinski definition) is 3. The molecule has 1 fully saturated rings. The second-order valence-electron chi connectivity index (χ2n) is 7.54. The van der Waals surface area contributed by atoms with Crippen molar-refractivity contribution in [3.8, 4) is 0 Å². The molecule has 1 aliphatic heterocycles. The number of carbonyl (C=O) groups excluding carboxylic acids is 1. The molecule has 1 saturated heterocycles. The topological polar surface area (TPSA) is 159 Å². The summed E-state index contributed by atoms with van der Waals surface area (Å²) in [5.74, 6) is -1.95. The minimum Gasteiger partial charge on any atom is -0.480 e. The Bertz CT molecular complexity index is 1110. The smallest absolute Gasteiger partial charge is 0.327 e. The first-order valence-electron chi connectivity index (χ1n) is 10.2. The third-order valence-electron chi connectivity index (χ3n) is 5.30. The Labute approximate surface area is 190 Å². The number of sulfonamides is 1. The molecule has 0 bridgehead atoms. The largest absolute Gasteiger partial charge is 0.480 e.